The first-order valence-electron chi connectivity index (χ1n) is 6.17. The topological polar surface area (TPSA) is 32.3 Å². The highest BCUT2D eigenvalue weighted by Crippen LogP contribution is 2.33. The molecule has 0 aliphatic carbocycles. The van der Waals surface area contributed by atoms with E-state index in [1.165, 1.54) is 12.1 Å². The van der Waals surface area contributed by atoms with Gasteiger partial charge in [-0.15, -0.1) is 0 Å². The second kappa shape index (κ2) is 5.85. The summed E-state index contributed by atoms with van der Waals surface area (Å²) >= 11 is 5.96. The Hall–Kier alpha value is -1.88. The number of phenols is 1. The predicted octanol–water partition coefficient (Wildman–Crippen LogP) is 4.98. The van der Waals surface area contributed by atoms with Crippen LogP contribution in [0.15, 0.2) is 36.4 Å². The van der Waals surface area contributed by atoms with Crippen LogP contribution in [0, 0.1) is 6.92 Å². The lowest BCUT2D eigenvalue weighted by Crippen LogP contribution is -2.08. The standard InChI is InChI=1S/C15H13ClF3NO/c1-9-5-6-10(15(17,18)19)7-13(9)20-8-11-12(16)3-2-4-14(11)21/h2-7,20-21H,8H2,1H3. The molecular formula is C15H13ClF3NO. The molecule has 2 nitrogen and oxygen atoms in total. The highest BCUT2D eigenvalue weighted by atomic mass is 35.5. The fourth-order valence-electron chi connectivity index (χ4n) is 1.89. The van der Waals surface area contributed by atoms with Gasteiger partial charge in [-0.2, -0.15) is 13.2 Å². The van der Waals surface area contributed by atoms with Crippen LogP contribution in [0.1, 0.15) is 16.7 Å². The molecule has 2 aromatic rings. The molecule has 0 saturated heterocycles. The van der Waals surface area contributed by atoms with E-state index >= 15 is 0 Å². The Morgan fingerprint density at radius 2 is 1.90 bits per heavy atom. The normalized spacial score (nSPS) is 11.5. The Morgan fingerprint density at radius 1 is 1.19 bits per heavy atom. The molecule has 0 saturated carbocycles. The van der Waals surface area contributed by atoms with Gasteiger partial charge in [0, 0.05) is 22.8 Å². The van der Waals surface area contributed by atoms with Crippen LogP contribution in [0.4, 0.5) is 18.9 Å². The van der Waals surface area contributed by atoms with Crippen molar-refractivity contribution in [3.8, 4) is 5.75 Å². The Balaban J connectivity index is 2.24. The molecule has 2 aromatic carbocycles. The average molecular weight is 316 g/mol. The van der Waals surface area contributed by atoms with E-state index in [4.69, 9.17) is 11.6 Å². The minimum Gasteiger partial charge on any atom is -0.508 e. The molecule has 0 aliphatic rings. The smallest absolute Gasteiger partial charge is 0.416 e. The molecule has 2 N–H and O–H groups in total. The van der Waals surface area contributed by atoms with Crippen molar-refractivity contribution in [1.82, 2.24) is 0 Å². The number of hydrogen-bond acceptors (Lipinski definition) is 2. The molecule has 0 unspecified atom stereocenters. The zero-order valence-corrected chi connectivity index (χ0v) is 11.9. The van der Waals surface area contributed by atoms with Gasteiger partial charge in [0.05, 0.1) is 5.56 Å². The van der Waals surface area contributed by atoms with E-state index in [0.29, 0.717) is 21.8 Å². The van der Waals surface area contributed by atoms with Gasteiger partial charge < -0.3 is 10.4 Å². The van der Waals surface area contributed by atoms with Gasteiger partial charge >= 0.3 is 6.18 Å². The number of halogens is 4. The van der Waals surface area contributed by atoms with Crippen LogP contribution >= 0.6 is 11.6 Å². The monoisotopic (exact) mass is 315 g/mol. The van der Waals surface area contributed by atoms with E-state index in [1.54, 1.807) is 19.1 Å². The summed E-state index contributed by atoms with van der Waals surface area (Å²) < 4.78 is 38.1. The van der Waals surface area contributed by atoms with Crippen molar-refractivity contribution in [2.45, 2.75) is 19.6 Å². The zero-order chi connectivity index (χ0) is 15.6. The number of anilines is 1. The van der Waals surface area contributed by atoms with Crippen LogP contribution in [0.25, 0.3) is 0 Å². The molecule has 2 rings (SSSR count). The number of alkyl halides is 3. The van der Waals surface area contributed by atoms with Crippen molar-refractivity contribution in [2.24, 2.45) is 0 Å². The van der Waals surface area contributed by atoms with Gasteiger partial charge in [-0.3, -0.25) is 0 Å². The minimum atomic E-state index is -4.39. The summed E-state index contributed by atoms with van der Waals surface area (Å²) in [4.78, 5) is 0. The van der Waals surface area contributed by atoms with Gasteiger partial charge in [0.2, 0.25) is 0 Å². The quantitative estimate of drug-likeness (QED) is 0.836. The minimum absolute atomic E-state index is 0.000343. The summed E-state index contributed by atoms with van der Waals surface area (Å²) in [5.74, 6) is -0.000343. The third kappa shape index (κ3) is 3.61. The first-order valence-corrected chi connectivity index (χ1v) is 6.55. The Labute approximate surface area is 125 Å². The number of phenolic OH excluding ortho intramolecular Hbond substituents is 1. The molecule has 0 aromatic heterocycles. The lowest BCUT2D eigenvalue weighted by atomic mass is 10.1. The van der Waals surface area contributed by atoms with Crippen LogP contribution in [-0.2, 0) is 12.7 Å². The van der Waals surface area contributed by atoms with Gasteiger partial charge in [-0.1, -0.05) is 23.7 Å². The van der Waals surface area contributed by atoms with E-state index in [2.05, 4.69) is 5.32 Å². The second-order valence-corrected chi connectivity index (χ2v) is 5.03. The predicted molar refractivity (Wildman–Crippen MR) is 76.6 cm³/mol. The molecule has 0 radical (unpaired) electrons. The molecule has 0 atom stereocenters. The van der Waals surface area contributed by atoms with Crippen LogP contribution in [0.3, 0.4) is 0 Å². The molecular weight excluding hydrogens is 303 g/mol. The molecule has 0 fully saturated rings. The molecule has 0 amide bonds. The highest BCUT2D eigenvalue weighted by Gasteiger charge is 2.30. The third-order valence-electron chi connectivity index (χ3n) is 3.11. The first-order chi connectivity index (χ1) is 9.79. The first kappa shape index (κ1) is 15.5. The fourth-order valence-corrected chi connectivity index (χ4v) is 2.13. The van der Waals surface area contributed by atoms with Crippen LogP contribution in [-0.4, -0.2) is 5.11 Å². The maximum Gasteiger partial charge on any atom is 0.416 e. The molecule has 0 bridgehead atoms. The molecule has 6 heteroatoms. The molecule has 0 spiro atoms. The van der Waals surface area contributed by atoms with Crippen molar-refractivity contribution in [3.63, 3.8) is 0 Å². The Kier molecular flexibility index (Phi) is 4.32. The second-order valence-electron chi connectivity index (χ2n) is 4.62. The van der Waals surface area contributed by atoms with E-state index in [1.807, 2.05) is 0 Å². The van der Waals surface area contributed by atoms with Gasteiger partial charge in [0.1, 0.15) is 5.75 Å². The van der Waals surface area contributed by atoms with E-state index in [9.17, 15) is 18.3 Å². The maximum absolute atomic E-state index is 12.7. The number of nitrogens with one attached hydrogen (secondary N) is 1. The van der Waals surface area contributed by atoms with Gasteiger partial charge in [-0.05, 0) is 36.8 Å². The number of rotatable bonds is 3. The summed E-state index contributed by atoms with van der Waals surface area (Å²) in [6.45, 7) is 1.84. The van der Waals surface area contributed by atoms with Crippen LogP contribution < -0.4 is 5.32 Å². The van der Waals surface area contributed by atoms with Crippen molar-refractivity contribution in [1.29, 1.82) is 0 Å². The van der Waals surface area contributed by atoms with Gasteiger partial charge in [0.25, 0.3) is 0 Å². The van der Waals surface area contributed by atoms with Crippen LogP contribution in [0.5, 0.6) is 5.75 Å². The van der Waals surface area contributed by atoms with Gasteiger partial charge in [-0.25, -0.2) is 0 Å². The average Bonchev–Trinajstić information content (AvgIpc) is 2.38. The van der Waals surface area contributed by atoms with E-state index < -0.39 is 11.7 Å². The lowest BCUT2D eigenvalue weighted by Gasteiger charge is -2.14. The van der Waals surface area contributed by atoms with E-state index in [0.717, 1.165) is 12.1 Å². The highest BCUT2D eigenvalue weighted by molar-refractivity contribution is 6.31. The number of aryl methyl sites for hydroxylation is 1. The Morgan fingerprint density at radius 3 is 2.52 bits per heavy atom. The number of benzene rings is 2. The van der Waals surface area contributed by atoms with Gasteiger partial charge in [0.15, 0.2) is 0 Å². The SMILES string of the molecule is Cc1ccc(C(F)(F)F)cc1NCc1c(O)cccc1Cl. The van der Waals surface area contributed by atoms with Crippen molar-refractivity contribution >= 4 is 17.3 Å². The maximum atomic E-state index is 12.7. The summed E-state index contributed by atoms with van der Waals surface area (Å²) in [5.41, 5.74) is 0.744. The molecule has 112 valence electrons. The number of aromatic hydroxyl groups is 1. The summed E-state index contributed by atoms with van der Waals surface area (Å²) in [6.07, 6.45) is -4.39. The molecule has 0 heterocycles. The van der Waals surface area contributed by atoms with Crippen LogP contribution in [0.2, 0.25) is 5.02 Å². The molecule has 21 heavy (non-hydrogen) atoms. The summed E-state index contributed by atoms with van der Waals surface area (Å²) in [5, 5.41) is 13.0. The van der Waals surface area contributed by atoms with Crippen molar-refractivity contribution < 1.29 is 18.3 Å². The van der Waals surface area contributed by atoms with E-state index in [-0.39, 0.29) is 12.3 Å². The van der Waals surface area contributed by atoms with Crippen molar-refractivity contribution in [2.75, 3.05) is 5.32 Å². The third-order valence-corrected chi connectivity index (χ3v) is 3.47. The number of hydrogen-bond donors (Lipinski definition) is 2. The fraction of sp³-hybridized carbons (Fsp3) is 0.200. The summed E-state index contributed by atoms with van der Waals surface area (Å²) in [7, 11) is 0. The Bertz CT molecular complexity index is 636. The van der Waals surface area contributed by atoms with Crippen molar-refractivity contribution in [3.05, 3.63) is 58.1 Å². The molecule has 0 aliphatic heterocycles. The largest absolute Gasteiger partial charge is 0.508 e. The summed E-state index contributed by atoms with van der Waals surface area (Å²) in [6, 6.07) is 8.16. The lowest BCUT2D eigenvalue weighted by molar-refractivity contribution is -0.137. The zero-order valence-electron chi connectivity index (χ0n) is 11.1.